The van der Waals surface area contributed by atoms with Crippen LogP contribution in [0.4, 0.5) is 0 Å². The fraction of sp³-hybridized carbons (Fsp3) is 0.909. The summed E-state index contributed by atoms with van der Waals surface area (Å²) in [6, 6.07) is 2.20. The van der Waals surface area contributed by atoms with Gasteiger partial charge in [0.2, 0.25) is 0 Å². The largest absolute Gasteiger partial charge is 0.381 e. The second-order valence-electron chi connectivity index (χ2n) is 3.86. The summed E-state index contributed by atoms with van der Waals surface area (Å²) >= 11 is 0. The average Bonchev–Trinajstić information content (AvgIpc) is 2.25. The molecule has 1 saturated heterocycles. The van der Waals surface area contributed by atoms with Crippen LogP contribution in [0.5, 0.6) is 0 Å². The highest BCUT2D eigenvalue weighted by Crippen LogP contribution is 2.15. The highest BCUT2D eigenvalue weighted by molar-refractivity contribution is 4.74. The van der Waals surface area contributed by atoms with Crippen LogP contribution in [0.25, 0.3) is 0 Å². The van der Waals surface area contributed by atoms with E-state index in [9.17, 15) is 0 Å². The summed E-state index contributed by atoms with van der Waals surface area (Å²) in [6.07, 6.45) is 3.02. The summed E-state index contributed by atoms with van der Waals surface area (Å²) in [5.74, 6) is 0.780. The minimum atomic E-state index is 0.650. The van der Waals surface area contributed by atoms with Gasteiger partial charge in [-0.2, -0.15) is 5.26 Å². The molecule has 1 fully saturated rings. The molecule has 0 aromatic carbocycles. The van der Waals surface area contributed by atoms with Gasteiger partial charge in [0.15, 0.2) is 0 Å². The van der Waals surface area contributed by atoms with Crippen molar-refractivity contribution < 1.29 is 4.74 Å². The van der Waals surface area contributed by atoms with E-state index in [-0.39, 0.29) is 0 Å². The van der Waals surface area contributed by atoms with Crippen LogP contribution in [0.15, 0.2) is 0 Å². The Labute approximate surface area is 86.6 Å². The molecule has 0 spiro atoms. The molecule has 0 unspecified atom stereocenters. The Balaban J connectivity index is 2.20. The molecule has 1 heterocycles. The summed E-state index contributed by atoms with van der Waals surface area (Å²) in [5.41, 5.74) is 0. The topological polar surface area (TPSA) is 36.3 Å². The maximum absolute atomic E-state index is 8.52. The molecular formula is C11H20N2O. The lowest BCUT2D eigenvalue weighted by Crippen LogP contribution is -2.33. The van der Waals surface area contributed by atoms with Gasteiger partial charge in [-0.15, -0.1) is 0 Å². The van der Waals surface area contributed by atoms with Crippen molar-refractivity contribution in [1.82, 2.24) is 4.90 Å². The quantitative estimate of drug-likeness (QED) is 0.671. The summed E-state index contributed by atoms with van der Waals surface area (Å²) in [5, 5.41) is 8.52. The monoisotopic (exact) mass is 196 g/mol. The highest BCUT2D eigenvalue weighted by atomic mass is 16.5. The van der Waals surface area contributed by atoms with Crippen LogP contribution >= 0.6 is 0 Å². The fourth-order valence-electron chi connectivity index (χ4n) is 1.88. The first-order chi connectivity index (χ1) is 6.86. The molecule has 0 atom stereocenters. The van der Waals surface area contributed by atoms with Gasteiger partial charge >= 0.3 is 0 Å². The lowest BCUT2D eigenvalue weighted by atomic mass is 10.00. The van der Waals surface area contributed by atoms with Crippen LogP contribution in [0.2, 0.25) is 0 Å². The molecule has 80 valence electrons. The van der Waals surface area contributed by atoms with Crippen molar-refractivity contribution in [3.8, 4) is 6.07 Å². The van der Waals surface area contributed by atoms with Crippen molar-refractivity contribution in [3.05, 3.63) is 0 Å². The SMILES string of the molecule is CCN(CCC#N)CC1CCOCC1. The van der Waals surface area contributed by atoms with Crippen LogP contribution in [-0.2, 0) is 4.74 Å². The number of hydrogen-bond acceptors (Lipinski definition) is 3. The van der Waals surface area contributed by atoms with E-state index in [1.54, 1.807) is 0 Å². The molecule has 0 N–H and O–H groups in total. The summed E-state index contributed by atoms with van der Waals surface area (Å²) in [6.45, 7) is 7.11. The number of rotatable bonds is 5. The van der Waals surface area contributed by atoms with Gasteiger partial charge in [0, 0.05) is 32.7 Å². The predicted octanol–water partition coefficient (Wildman–Crippen LogP) is 1.65. The third-order valence-electron chi connectivity index (χ3n) is 2.84. The van der Waals surface area contributed by atoms with Gasteiger partial charge in [-0.05, 0) is 25.3 Å². The van der Waals surface area contributed by atoms with Crippen molar-refractivity contribution in [2.24, 2.45) is 5.92 Å². The number of nitriles is 1. The molecule has 3 nitrogen and oxygen atoms in total. The van der Waals surface area contributed by atoms with E-state index in [1.807, 2.05) is 0 Å². The van der Waals surface area contributed by atoms with E-state index in [1.165, 1.54) is 12.8 Å². The molecule has 3 heteroatoms. The lowest BCUT2D eigenvalue weighted by molar-refractivity contribution is 0.0534. The van der Waals surface area contributed by atoms with E-state index < -0.39 is 0 Å². The third kappa shape index (κ3) is 4.08. The van der Waals surface area contributed by atoms with Crippen molar-refractivity contribution >= 4 is 0 Å². The van der Waals surface area contributed by atoms with Gasteiger partial charge in [0.25, 0.3) is 0 Å². The van der Waals surface area contributed by atoms with E-state index >= 15 is 0 Å². The first-order valence-corrected chi connectivity index (χ1v) is 5.54. The van der Waals surface area contributed by atoms with Crippen LogP contribution in [-0.4, -0.2) is 37.7 Å². The summed E-state index contributed by atoms with van der Waals surface area (Å²) in [7, 11) is 0. The fourth-order valence-corrected chi connectivity index (χ4v) is 1.88. The van der Waals surface area contributed by atoms with Crippen molar-refractivity contribution in [3.63, 3.8) is 0 Å². The highest BCUT2D eigenvalue weighted by Gasteiger charge is 2.16. The van der Waals surface area contributed by atoms with Gasteiger partial charge < -0.3 is 9.64 Å². The Bertz CT molecular complexity index is 182. The van der Waals surface area contributed by atoms with E-state index in [2.05, 4.69) is 17.9 Å². The molecule has 0 aromatic heterocycles. The van der Waals surface area contributed by atoms with E-state index in [0.717, 1.165) is 38.8 Å². The Kier molecular flexibility index (Phi) is 5.58. The van der Waals surface area contributed by atoms with Gasteiger partial charge in [0.05, 0.1) is 6.07 Å². The molecule has 0 radical (unpaired) electrons. The van der Waals surface area contributed by atoms with Crippen molar-refractivity contribution in [2.75, 3.05) is 32.8 Å². The smallest absolute Gasteiger partial charge is 0.0635 e. The molecule has 0 amide bonds. The molecule has 14 heavy (non-hydrogen) atoms. The number of ether oxygens (including phenoxy) is 1. The van der Waals surface area contributed by atoms with Crippen molar-refractivity contribution in [2.45, 2.75) is 26.2 Å². The van der Waals surface area contributed by atoms with Crippen molar-refractivity contribution in [1.29, 1.82) is 5.26 Å². The van der Waals surface area contributed by atoms with Gasteiger partial charge in [-0.3, -0.25) is 0 Å². The van der Waals surface area contributed by atoms with Gasteiger partial charge in [-0.1, -0.05) is 6.92 Å². The second kappa shape index (κ2) is 6.80. The molecule has 1 aliphatic heterocycles. The first-order valence-electron chi connectivity index (χ1n) is 5.54. The van der Waals surface area contributed by atoms with E-state index in [0.29, 0.717) is 6.42 Å². The van der Waals surface area contributed by atoms with E-state index in [4.69, 9.17) is 10.00 Å². The minimum absolute atomic E-state index is 0.650. The van der Waals surface area contributed by atoms with Crippen LogP contribution in [0.1, 0.15) is 26.2 Å². The Morgan fingerprint density at radius 1 is 1.43 bits per heavy atom. The standard InChI is InChI=1S/C11H20N2O/c1-2-13(7-3-6-12)10-11-4-8-14-9-5-11/h11H,2-5,7-10H2,1H3. The molecule has 0 aromatic rings. The average molecular weight is 196 g/mol. The van der Waals surface area contributed by atoms with Crippen LogP contribution < -0.4 is 0 Å². The number of hydrogen-bond donors (Lipinski definition) is 0. The van der Waals surface area contributed by atoms with Crippen LogP contribution in [0, 0.1) is 17.2 Å². The van der Waals surface area contributed by atoms with Gasteiger partial charge in [-0.25, -0.2) is 0 Å². The maximum atomic E-state index is 8.52. The number of nitrogens with zero attached hydrogens (tertiary/aromatic N) is 2. The molecule has 1 aliphatic rings. The minimum Gasteiger partial charge on any atom is -0.381 e. The predicted molar refractivity (Wildman–Crippen MR) is 55.9 cm³/mol. The zero-order chi connectivity index (χ0) is 10.2. The lowest BCUT2D eigenvalue weighted by Gasteiger charge is -2.28. The third-order valence-corrected chi connectivity index (χ3v) is 2.84. The van der Waals surface area contributed by atoms with Gasteiger partial charge in [0.1, 0.15) is 0 Å². The molecule has 0 aliphatic carbocycles. The summed E-state index contributed by atoms with van der Waals surface area (Å²) in [4.78, 5) is 2.37. The molecule has 1 rings (SSSR count). The molecule has 0 bridgehead atoms. The zero-order valence-corrected chi connectivity index (χ0v) is 9.04. The molecular weight excluding hydrogens is 176 g/mol. The Morgan fingerprint density at radius 2 is 2.14 bits per heavy atom. The zero-order valence-electron chi connectivity index (χ0n) is 9.04. The molecule has 0 saturated carbocycles. The van der Waals surface area contributed by atoms with Crippen LogP contribution in [0.3, 0.4) is 0 Å². The first kappa shape index (κ1) is 11.5. The maximum Gasteiger partial charge on any atom is 0.0635 e. The normalized spacial score (nSPS) is 18.4. The Hall–Kier alpha value is -0.590. The summed E-state index contributed by atoms with van der Waals surface area (Å²) < 4.78 is 5.33. The Morgan fingerprint density at radius 3 is 2.71 bits per heavy atom. The second-order valence-corrected chi connectivity index (χ2v) is 3.86.